The lowest BCUT2D eigenvalue weighted by Gasteiger charge is -1.97. The minimum atomic E-state index is -0.978. The number of carboxylic acids is 1. The van der Waals surface area contributed by atoms with Crippen molar-refractivity contribution < 1.29 is 14.3 Å². The van der Waals surface area contributed by atoms with Crippen molar-refractivity contribution in [2.75, 3.05) is 0 Å². The van der Waals surface area contributed by atoms with E-state index in [-0.39, 0.29) is 11.4 Å². The van der Waals surface area contributed by atoms with Crippen LogP contribution >= 0.6 is 11.3 Å². The van der Waals surface area contributed by atoms with E-state index in [4.69, 9.17) is 5.11 Å². The minimum Gasteiger partial charge on any atom is -0.478 e. The van der Waals surface area contributed by atoms with Crippen molar-refractivity contribution in [1.82, 2.24) is 4.98 Å². The largest absolute Gasteiger partial charge is 0.478 e. The number of aromatic carboxylic acids is 1. The highest BCUT2D eigenvalue weighted by Gasteiger charge is 2.09. The molecule has 0 aliphatic heterocycles. The maximum Gasteiger partial charge on any atom is 0.335 e. The van der Waals surface area contributed by atoms with Gasteiger partial charge < -0.3 is 5.11 Å². The monoisotopic (exact) mass is 273 g/mol. The van der Waals surface area contributed by atoms with Crippen molar-refractivity contribution >= 4 is 27.5 Å². The Balaban J connectivity index is 2.13. The molecule has 3 nitrogen and oxygen atoms in total. The summed E-state index contributed by atoms with van der Waals surface area (Å²) in [7, 11) is 0. The Hall–Kier alpha value is -2.27. The highest BCUT2D eigenvalue weighted by molar-refractivity contribution is 7.21. The van der Waals surface area contributed by atoms with Gasteiger partial charge in [0.05, 0.1) is 15.8 Å². The Morgan fingerprint density at radius 3 is 2.84 bits per heavy atom. The maximum absolute atomic E-state index is 13.1. The molecular formula is C14H8FNO2S. The maximum atomic E-state index is 13.1. The predicted octanol–water partition coefficient (Wildman–Crippen LogP) is 3.80. The van der Waals surface area contributed by atoms with Crippen molar-refractivity contribution in [3.63, 3.8) is 0 Å². The lowest BCUT2D eigenvalue weighted by atomic mass is 10.1. The first-order chi connectivity index (χ1) is 9.13. The molecule has 1 aromatic heterocycles. The molecule has 0 atom stereocenters. The fourth-order valence-electron chi connectivity index (χ4n) is 1.81. The topological polar surface area (TPSA) is 50.2 Å². The number of carboxylic acid groups (broad SMARTS) is 1. The van der Waals surface area contributed by atoms with Crippen LogP contribution < -0.4 is 0 Å². The Morgan fingerprint density at radius 2 is 2.05 bits per heavy atom. The summed E-state index contributed by atoms with van der Waals surface area (Å²) in [5.41, 5.74) is 1.52. The molecule has 5 heteroatoms. The van der Waals surface area contributed by atoms with E-state index in [1.807, 2.05) is 0 Å². The molecule has 0 spiro atoms. The van der Waals surface area contributed by atoms with Gasteiger partial charge in [0, 0.05) is 11.6 Å². The number of carbonyl (C=O) groups is 1. The molecule has 0 fully saturated rings. The predicted molar refractivity (Wildman–Crippen MR) is 72.0 cm³/mol. The molecule has 19 heavy (non-hydrogen) atoms. The Bertz CT molecular complexity index is 782. The molecule has 1 heterocycles. The molecule has 0 saturated heterocycles. The van der Waals surface area contributed by atoms with Gasteiger partial charge in [-0.15, -0.1) is 11.3 Å². The molecule has 0 aliphatic rings. The third kappa shape index (κ3) is 2.20. The molecule has 94 valence electrons. The molecule has 0 aliphatic carbocycles. The van der Waals surface area contributed by atoms with Crippen LogP contribution in [0, 0.1) is 5.82 Å². The highest BCUT2D eigenvalue weighted by Crippen LogP contribution is 2.30. The van der Waals surface area contributed by atoms with E-state index in [9.17, 15) is 9.18 Å². The minimum absolute atomic E-state index is 0.211. The number of rotatable bonds is 2. The van der Waals surface area contributed by atoms with Gasteiger partial charge >= 0.3 is 5.97 Å². The Morgan fingerprint density at radius 1 is 1.21 bits per heavy atom. The number of benzene rings is 2. The van der Waals surface area contributed by atoms with E-state index >= 15 is 0 Å². The molecule has 3 rings (SSSR count). The third-order valence-electron chi connectivity index (χ3n) is 2.71. The summed E-state index contributed by atoms with van der Waals surface area (Å²) in [6, 6.07) is 11.0. The van der Waals surface area contributed by atoms with E-state index < -0.39 is 5.97 Å². The number of aromatic nitrogens is 1. The van der Waals surface area contributed by atoms with Crippen LogP contribution in [0.25, 0.3) is 20.8 Å². The average molecular weight is 273 g/mol. The van der Waals surface area contributed by atoms with Crippen LogP contribution in [0.4, 0.5) is 4.39 Å². The normalized spacial score (nSPS) is 10.8. The van der Waals surface area contributed by atoms with Crippen molar-refractivity contribution in [1.29, 1.82) is 0 Å². The summed E-state index contributed by atoms with van der Waals surface area (Å²) in [5, 5.41) is 9.65. The zero-order chi connectivity index (χ0) is 13.4. The molecule has 0 saturated carbocycles. The van der Waals surface area contributed by atoms with Gasteiger partial charge in [0.1, 0.15) is 10.8 Å². The number of nitrogens with zero attached hydrogens (tertiary/aromatic N) is 1. The van der Waals surface area contributed by atoms with Crippen LogP contribution in [0.15, 0.2) is 42.5 Å². The number of thiazole rings is 1. The van der Waals surface area contributed by atoms with Crippen LogP contribution in [0.3, 0.4) is 0 Å². The van der Waals surface area contributed by atoms with Crippen molar-refractivity contribution in [3.05, 3.63) is 53.8 Å². The summed E-state index contributed by atoms with van der Waals surface area (Å²) in [5.74, 6) is -1.31. The van der Waals surface area contributed by atoms with Gasteiger partial charge in [-0.1, -0.05) is 12.1 Å². The van der Waals surface area contributed by atoms with Gasteiger partial charge in [-0.25, -0.2) is 14.2 Å². The molecule has 0 bridgehead atoms. The van der Waals surface area contributed by atoms with Gasteiger partial charge in [-0.2, -0.15) is 0 Å². The van der Waals surface area contributed by atoms with Gasteiger partial charge in [0.15, 0.2) is 0 Å². The Kier molecular flexibility index (Phi) is 2.76. The third-order valence-corrected chi connectivity index (χ3v) is 3.79. The first-order valence-corrected chi connectivity index (χ1v) is 6.35. The van der Waals surface area contributed by atoms with Crippen LogP contribution in [0.5, 0.6) is 0 Å². The number of hydrogen-bond acceptors (Lipinski definition) is 3. The van der Waals surface area contributed by atoms with E-state index in [0.29, 0.717) is 10.5 Å². The van der Waals surface area contributed by atoms with Crippen LogP contribution in [-0.4, -0.2) is 16.1 Å². The summed E-state index contributed by atoms with van der Waals surface area (Å²) in [4.78, 5) is 15.3. The molecule has 0 unspecified atom stereocenters. The van der Waals surface area contributed by atoms with Crippen molar-refractivity contribution in [2.45, 2.75) is 0 Å². The summed E-state index contributed by atoms with van der Waals surface area (Å²) in [6.45, 7) is 0. The summed E-state index contributed by atoms with van der Waals surface area (Å²) >= 11 is 1.41. The van der Waals surface area contributed by atoms with Gasteiger partial charge in [0.2, 0.25) is 0 Å². The zero-order valence-electron chi connectivity index (χ0n) is 9.63. The highest BCUT2D eigenvalue weighted by atomic mass is 32.1. The SMILES string of the molecule is O=C(O)c1cccc(-c2nc3cc(F)ccc3s2)c1. The summed E-state index contributed by atoms with van der Waals surface area (Å²) < 4.78 is 14.0. The molecular weight excluding hydrogens is 265 g/mol. The van der Waals surface area contributed by atoms with E-state index in [1.165, 1.54) is 29.5 Å². The standard InChI is InChI=1S/C14H8FNO2S/c15-10-4-5-12-11(7-10)16-13(19-12)8-2-1-3-9(6-8)14(17)18/h1-7H,(H,17,18). The van der Waals surface area contributed by atoms with Gasteiger partial charge in [-0.3, -0.25) is 0 Å². The van der Waals surface area contributed by atoms with Gasteiger partial charge in [-0.05, 0) is 24.3 Å². The van der Waals surface area contributed by atoms with Crippen molar-refractivity contribution in [2.24, 2.45) is 0 Å². The number of hydrogen-bond donors (Lipinski definition) is 1. The van der Waals surface area contributed by atoms with E-state index in [0.717, 1.165) is 10.3 Å². The number of halogens is 1. The fourth-order valence-corrected chi connectivity index (χ4v) is 2.75. The lowest BCUT2D eigenvalue weighted by Crippen LogP contribution is -1.95. The summed E-state index contributed by atoms with van der Waals surface area (Å²) in [6.07, 6.45) is 0. The molecule has 0 radical (unpaired) electrons. The number of fused-ring (bicyclic) bond motifs is 1. The second kappa shape index (κ2) is 4.44. The molecule has 2 aromatic carbocycles. The fraction of sp³-hybridized carbons (Fsp3) is 0. The second-order valence-electron chi connectivity index (χ2n) is 4.02. The van der Waals surface area contributed by atoms with Crippen LogP contribution in [0.2, 0.25) is 0 Å². The van der Waals surface area contributed by atoms with Crippen molar-refractivity contribution in [3.8, 4) is 10.6 Å². The van der Waals surface area contributed by atoms with Crippen LogP contribution in [-0.2, 0) is 0 Å². The van der Waals surface area contributed by atoms with Crippen LogP contribution in [0.1, 0.15) is 10.4 Å². The molecule has 3 aromatic rings. The van der Waals surface area contributed by atoms with Gasteiger partial charge in [0.25, 0.3) is 0 Å². The average Bonchev–Trinajstić information content (AvgIpc) is 2.81. The molecule has 0 amide bonds. The van der Waals surface area contributed by atoms with E-state index in [2.05, 4.69) is 4.98 Å². The second-order valence-corrected chi connectivity index (χ2v) is 5.05. The zero-order valence-corrected chi connectivity index (χ0v) is 10.4. The Labute approximate surface area is 112 Å². The smallest absolute Gasteiger partial charge is 0.335 e. The first-order valence-electron chi connectivity index (χ1n) is 5.53. The van der Waals surface area contributed by atoms with E-state index in [1.54, 1.807) is 24.3 Å². The quantitative estimate of drug-likeness (QED) is 0.772. The lowest BCUT2D eigenvalue weighted by molar-refractivity contribution is 0.0697. The molecule has 1 N–H and O–H groups in total. The first kappa shape index (κ1) is 11.8.